The molecule has 1 heterocycles. The summed E-state index contributed by atoms with van der Waals surface area (Å²) in [6.45, 7) is 7.81. The van der Waals surface area contributed by atoms with E-state index in [4.69, 9.17) is 5.10 Å². The van der Waals surface area contributed by atoms with Gasteiger partial charge in [-0.05, 0) is 57.1 Å². The Hall–Kier alpha value is -0.830. The molecule has 1 unspecified atom stereocenters. The molecule has 0 amide bonds. The Labute approximate surface area is 130 Å². The van der Waals surface area contributed by atoms with Crippen LogP contribution in [-0.4, -0.2) is 22.4 Å². The van der Waals surface area contributed by atoms with Gasteiger partial charge < -0.3 is 5.32 Å². The third-order valence-corrected chi connectivity index (χ3v) is 5.13. The molecular formula is C18H33N3. The maximum Gasteiger partial charge on any atom is 0.0625 e. The molecule has 1 fully saturated rings. The fourth-order valence-corrected chi connectivity index (χ4v) is 3.81. The van der Waals surface area contributed by atoms with Crippen LogP contribution in [0.2, 0.25) is 0 Å². The highest BCUT2D eigenvalue weighted by molar-refractivity contribution is 5.01. The topological polar surface area (TPSA) is 29.9 Å². The van der Waals surface area contributed by atoms with Crippen LogP contribution in [0.1, 0.15) is 77.5 Å². The van der Waals surface area contributed by atoms with Crippen molar-refractivity contribution >= 4 is 0 Å². The van der Waals surface area contributed by atoms with Crippen LogP contribution in [0.25, 0.3) is 0 Å². The molecule has 120 valence electrons. The molecule has 0 aromatic carbocycles. The Morgan fingerprint density at radius 2 is 1.95 bits per heavy atom. The van der Waals surface area contributed by atoms with Gasteiger partial charge in [-0.2, -0.15) is 5.10 Å². The minimum absolute atomic E-state index is 0.568. The Kier molecular flexibility index (Phi) is 6.75. The van der Waals surface area contributed by atoms with Gasteiger partial charge in [0, 0.05) is 12.2 Å². The van der Waals surface area contributed by atoms with Gasteiger partial charge in [0.1, 0.15) is 0 Å². The lowest BCUT2D eigenvalue weighted by Gasteiger charge is -2.24. The highest BCUT2D eigenvalue weighted by Gasteiger charge is 2.24. The van der Waals surface area contributed by atoms with E-state index >= 15 is 0 Å². The molecule has 0 bridgehead atoms. The van der Waals surface area contributed by atoms with E-state index in [0.717, 1.165) is 18.9 Å². The summed E-state index contributed by atoms with van der Waals surface area (Å²) in [5, 5.41) is 8.51. The summed E-state index contributed by atoms with van der Waals surface area (Å²) in [5.41, 5.74) is 1.27. The first-order valence-electron chi connectivity index (χ1n) is 9.05. The lowest BCUT2D eigenvalue weighted by molar-refractivity contribution is 0.344. The molecule has 0 aliphatic heterocycles. The van der Waals surface area contributed by atoms with Gasteiger partial charge >= 0.3 is 0 Å². The van der Waals surface area contributed by atoms with Gasteiger partial charge in [0.25, 0.3) is 0 Å². The lowest BCUT2D eigenvalue weighted by atomic mass is 9.93. The average Bonchev–Trinajstić information content (AvgIpc) is 3.17. The predicted octanol–water partition coefficient (Wildman–Crippen LogP) is 4.35. The van der Waals surface area contributed by atoms with Gasteiger partial charge in [0.2, 0.25) is 0 Å². The zero-order chi connectivity index (χ0) is 15.1. The number of nitrogens with one attached hydrogen (secondary N) is 1. The monoisotopic (exact) mass is 291 g/mol. The van der Waals surface area contributed by atoms with Gasteiger partial charge in [-0.25, -0.2) is 0 Å². The molecule has 1 aromatic rings. The average molecular weight is 291 g/mol. The van der Waals surface area contributed by atoms with E-state index in [9.17, 15) is 0 Å². The molecular weight excluding hydrogens is 258 g/mol. The second kappa shape index (κ2) is 8.57. The van der Waals surface area contributed by atoms with E-state index in [-0.39, 0.29) is 0 Å². The molecule has 2 rings (SSSR count). The van der Waals surface area contributed by atoms with E-state index in [1.54, 1.807) is 0 Å². The smallest absolute Gasteiger partial charge is 0.0625 e. The van der Waals surface area contributed by atoms with Crippen LogP contribution in [0, 0.1) is 5.92 Å². The number of hydrogen-bond acceptors (Lipinski definition) is 2. The molecule has 1 atom stereocenters. The fourth-order valence-electron chi connectivity index (χ4n) is 3.81. The van der Waals surface area contributed by atoms with Gasteiger partial charge in [0.15, 0.2) is 0 Å². The van der Waals surface area contributed by atoms with Crippen molar-refractivity contribution in [3.8, 4) is 0 Å². The largest absolute Gasteiger partial charge is 0.314 e. The highest BCUT2D eigenvalue weighted by Crippen LogP contribution is 2.29. The van der Waals surface area contributed by atoms with E-state index in [0.29, 0.717) is 12.1 Å². The predicted molar refractivity (Wildman–Crippen MR) is 89.6 cm³/mol. The summed E-state index contributed by atoms with van der Waals surface area (Å²) < 4.78 is 2.17. The zero-order valence-electron chi connectivity index (χ0n) is 14.1. The number of aromatic nitrogens is 2. The fraction of sp³-hybridized carbons (Fsp3) is 0.833. The number of rotatable bonds is 9. The van der Waals surface area contributed by atoms with Crippen molar-refractivity contribution in [3.05, 3.63) is 18.0 Å². The van der Waals surface area contributed by atoms with Crippen molar-refractivity contribution < 1.29 is 0 Å². The quantitative estimate of drug-likeness (QED) is 0.733. The Bertz CT molecular complexity index is 389. The third kappa shape index (κ3) is 4.57. The standard InChI is InChI=1S/C18H33N3/c1-4-17(5-2)21-14-13-16(20-21)11-12-18(19-6-3)15-9-7-8-10-15/h13-15,17-19H,4-12H2,1-3H3. The minimum atomic E-state index is 0.568. The Balaban J connectivity index is 1.88. The zero-order valence-corrected chi connectivity index (χ0v) is 14.1. The molecule has 0 spiro atoms. The second-order valence-electron chi connectivity index (χ2n) is 6.50. The van der Waals surface area contributed by atoms with Gasteiger partial charge in [-0.3, -0.25) is 4.68 Å². The van der Waals surface area contributed by atoms with Crippen molar-refractivity contribution in [2.75, 3.05) is 6.54 Å². The summed E-state index contributed by atoms with van der Waals surface area (Å²) in [6, 6.07) is 3.48. The van der Waals surface area contributed by atoms with Crippen LogP contribution >= 0.6 is 0 Å². The highest BCUT2D eigenvalue weighted by atomic mass is 15.3. The lowest BCUT2D eigenvalue weighted by Crippen LogP contribution is -2.35. The van der Waals surface area contributed by atoms with Crippen LogP contribution < -0.4 is 5.32 Å². The molecule has 1 aliphatic carbocycles. The Morgan fingerprint density at radius 1 is 1.24 bits per heavy atom. The molecule has 1 aromatic heterocycles. The first kappa shape index (κ1) is 16.5. The van der Waals surface area contributed by atoms with Gasteiger partial charge in [-0.15, -0.1) is 0 Å². The maximum absolute atomic E-state index is 4.80. The van der Waals surface area contributed by atoms with Crippen molar-refractivity contribution in [1.29, 1.82) is 0 Å². The van der Waals surface area contributed by atoms with Gasteiger partial charge in [-0.1, -0.05) is 33.6 Å². The van der Waals surface area contributed by atoms with Crippen LogP contribution in [0.4, 0.5) is 0 Å². The molecule has 3 heteroatoms. The summed E-state index contributed by atoms with van der Waals surface area (Å²) in [7, 11) is 0. The molecule has 3 nitrogen and oxygen atoms in total. The van der Waals surface area contributed by atoms with Crippen molar-refractivity contribution in [2.45, 2.75) is 84.2 Å². The molecule has 1 N–H and O–H groups in total. The number of aryl methyl sites for hydroxylation is 1. The van der Waals surface area contributed by atoms with Crippen molar-refractivity contribution in [1.82, 2.24) is 15.1 Å². The van der Waals surface area contributed by atoms with Crippen LogP contribution in [0.5, 0.6) is 0 Å². The van der Waals surface area contributed by atoms with E-state index in [1.165, 1.54) is 50.6 Å². The number of hydrogen-bond donors (Lipinski definition) is 1. The number of nitrogens with zero attached hydrogens (tertiary/aromatic N) is 2. The summed E-state index contributed by atoms with van der Waals surface area (Å²) >= 11 is 0. The third-order valence-electron chi connectivity index (χ3n) is 5.13. The Morgan fingerprint density at radius 3 is 2.57 bits per heavy atom. The van der Waals surface area contributed by atoms with Crippen molar-refractivity contribution in [3.63, 3.8) is 0 Å². The minimum Gasteiger partial charge on any atom is -0.314 e. The normalized spacial score (nSPS) is 17.7. The first-order chi connectivity index (χ1) is 10.3. The molecule has 0 radical (unpaired) electrons. The van der Waals surface area contributed by atoms with E-state index < -0.39 is 0 Å². The van der Waals surface area contributed by atoms with Crippen LogP contribution in [0.3, 0.4) is 0 Å². The summed E-state index contributed by atoms with van der Waals surface area (Å²) in [4.78, 5) is 0. The first-order valence-corrected chi connectivity index (χ1v) is 9.05. The maximum atomic E-state index is 4.80. The van der Waals surface area contributed by atoms with Crippen LogP contribution in [-0.2, 0) is 6.42 Å². The van der Waals surface area contributed by atoms with Crippen molar-refractivity contribution in [2.24, 2.45) is 5.92 Å². The van der Waals surface area contributed by atoms with Gasteiger partial charge in [0.05, 0.1) is 11.7 Å². The molecule has 0 saturated heterocycles. The molecule has 1 saturated carbocycles. The summed E-state index contributed by atoms with van der Waals surface area (Å²) in [6.07, 6.45) is 12.5. The second-order valence-corrected chi connectivity index (χ2v) is 6.50. The SMILES string of the molecule is CCNC(CCc1ccn(C(CC)CC)n1)C1CCCC1. The van der Waals surface area contributed by atoms with Crippen LogP contribution in [0.15, 0.2) is 12.3 Å². The van der Waals surface area contributed by atoms with E-state index in [1.807, 2.05) is 0 Å². The van der Waals surface area contributed by atoms with E-state index in [2.05, 4.69) is 43.0 Å². The summed E-state index contributed by atoms with van der Waals surface area (Å²) in [5.74, 6) is 0.895. The molecule has 21 heavy (non-hydrogen) atoms. The molecule has 1 aliphatic rings.